The Morgan fingerprint density at radius 1 is 0.943 bits per heavy atom. The molecule has 10 heteroatoms. The van der Waals surface area contributed by atoms with E-state index in [0.717, 1.165) is 6.07 Å². The molecule has 0 atom stereocenters. The summed E-state index contributed by atoms with van der Waals surface area (Å²) in [6, 6.07) is 14.5. The first-order chi connectivity index (χ1) is 16.4. The van der Waals surface area contributed by atoms with E-state index in [1.807, 2.05) is 0 Å². The molecule has 0 aliphatic carbocycles. The molecule has 5 nitrogen and oxygen atoms in total. The second kappa shape index (κ2) is 9.13. The van der Waals surface area contributed by atoms with Crippen molar-refractivity contribution in [3.63, 3.8) is 0 Å². The maximum absolute atomic E-state index is 13.6. The molecule has 35 heavy (non-hydrogen) atoms. The first-order valence-corrected chi connectivity index (χ1v) is 12.5. The number of hydrogen-bond donors (Lipinski definition) is 0. The molecule has 1 heterocycles. The van der Waals surface area contributed by atoms with Crippen LogP contribution in [0, 0.1) is 6.92 Å². The monoisotopic (exact) mass is 520 g/mol. The highest BCUT2D eigenvalue weighted by molar-refractivity contribution is 7.92. The van der Waals surface area contributed by atoms with Crippen LogP contribution in [0.25, 0.3) is 22.2 Å². The number of sulfone groups is 1. The molecule has 182 valence electrons. The van der Waals surface area contributed by atoms with Crippen LogP contribution in [0.5, 0.6) is 11.5 Å². The van der Waals surface area contributed by atoms with Crippen molar-refractivity contribution in [2.45, 2.75) is 37.1 Å². The Morgan fingerprint density at radius 3 is 2.31 bits per heavy atom. The molecule has 0 radical (unpaired) electrons. The molecule has 0 unspecified atom stereocenters. The topological polar surface area (TPSA) is 69.2 Å². The van der Waals surface area contributed by atoms with Crippen molar-refractivity contribution in [1.29, 1.82) is 0 Å². The Labute approximate surface area is 205 Å². The normalized spacial score (nSPS) is 12.3. The van der Waals surface area contributed by atoms with Crippen molar-refractivity contribution in [3.05, 3.63) is 77.1 Å². The van der Waals surface area contributed by atoms with Gasteiger partial charge in [-0.1, -0.05) is 29.8 Å². The lowest BCUT2D eigenvalue weighted by Crippen LogP contribution is -2.13. The minimum Gasteiger partial charge on any atom is -0.457 e. The van der Waals surface area contributed by atoms with Gasteiger partial charge in [0.2, 0.25) is 0 Å². The zero-order valence-corrected chi connectivity index (χ0v) is 20.5. The zero-order chi connectivity index (χ0) is 25.5. The van der Waals surface area contributed by atoms with E-state index >= 15 is 0 Å². The average Bonchev–Trinajstić information content (AvgIpc) is 2.79. The van der Waals surface area contributed by atoms with Crippen molar-refractivity contribution in [2.75, 3.05) is 0 Å². The molecular weight excluding hydrogens is 501 g/mol. The Hall–Kier alpha value is -3.17. The van der Waals surface area contributed by atoms with Crippen LogP contribution in [0.1, 0.15) is 25.2 Å². The highest BCUT2D eigenvalue weighted by Crippen LogP contribution is 2.39. The van der Waals surface area contributed by atoms with Gasteiger partial charge < -0.3 is 4.74 Å². The summed E-state index contributed by atoms with van der Waals surface area (Å²) < 4.78 is 71.7. The van der Waals surface area contributed by atoms with E-state index in [1.54, 1.807) is 38.1 Å². The first-order valence-electron chi connectivity index (χ1n) is 10.5. The number of rotatable bonds is 5. The van der Waals surface area contributed by atoms with Crippen LogP contribution < -0.4 is 4.74 Å². The number of aromatic nitrogens is 2. The molecular formula is C25H20ClF3N2O3S. The third-order valence-corrected chi connectivity index (χ3v) is 7.81. The molecule has 0 amide bonds. The Bertz CT molecular complexity index is 1540. The SMILES string of the molecule is Cc1nc(-c2cc(Oc3cccc(S(=O)(=O)C(C)C)c3)ccc2Cl)c2cccc(C(F)(F)F)c2n1. The molecule has 0 N–H and O–H groups in total. The van der Waals surface area contributed by atoms with Crippen LogP contribution in [0.2, 0.25) is 5.02 Å². The number of alkyl halides is 3. The first kappa shape index (κ1) is 24.9. The second-order valence-electron chi connectivity index (χ2n) is 8.13. The second-order valence-corrected chi connectivity index (χ2v) is 11.0. The fourth-order valence-electron chi connectivity index (χ4n) is 3.57. The largest absolute Gasteiger partial charge is 0.457 e. The molecule has 0 spiro atoms. The minimum atomic E-state index is -4.59. The van der Waals surface area contributed by atoms with Gasteiger partial charge in [-0.2, -0.15) is 13.2 Å². The number of hydrogen-bond acceptors (Lipinski definition) is 5. The highest BCUT2D eigenvalue weighted by atomic mass is 35.5. The van der Waals surface area contributed by atoms with Crippen molar-refractivity contribution < 1.29 is 26.3 Å². The average molecular weight is 521 g/mol. The summed E-state index contributed by atoms with van der Waals surface area (Å²) in [5.74, 6) is 0.737. The van der Waals surface area contributed by atoms with Crippen molar-refractivity contribution in [2.24, 2.45) is 0 Å². The summed E-state index contributed by atoms with van der Waals surface area (Å²) in [5.41, 5.74) is -0.514. The summed E-state index contributed by atoms with van der Waals surface area (Å²) in [6.45, 7) is 4.68. The molecule has 4 rings (SSSR count). The van der Waals surface area contributed by atoms with E-state index in [0.29, 0.717) is 11.3 Å². The van der Waals surface area contributed by atoms with Gasteiger partial charge in [0, 0.05) is 10.9 Å². The molecule has 0 saturated heterocycles. The molecule has 0 aliphatic rings. The molecule has 4 aromatic rings. The Morgan fingerprint density at radius 2 is 1.63 bits per heavy atom. The van der Waals surface area contributed by atoms with Gasteiger partial charge in [-0.15, -0.1) is 0 Å². The van der Waals surface area contributed by atoms with Crippen LogP contribution in [-0.4, -0.2) is 23.6 Å². The zero-order valence-electron chi connectivity index (χ0n) is 18.9. The van der Waals surface area contributed by atoms with Crippen LogP contribution >= 0.6 is 11.6 Å². The molecule has 3 aromatic carbocycles. The lowest BCUT2D eigenvalue weighted by Gasteiger charge is -2.15. The predicted molar refractivity (Wildman–Crippen MR) is 129 cm³/mol. The van der Waals surface area contributed by atoms with Crippen LogP contribution in [0.15, 0.2) is 65.6 Å². The Balaban J connectivity index is 1.81. The quantitative estimate of drug-likeness (QED) is 0.277. The smallest absolute Gasteiger partial charge is 0.418 e. The maximum Gasteiger partial charge on any atom is 0.418 e. The van der Waals surface area contributed by atoms with Crippen molar-refractivity contribution in [1.82, 2.24) is 9.97 Å². The van der Waals surface area contributed by atoms with E-state index in [-0.39, 0.29) is 38.1 Å². The van der Waals surface area contributed by atoms with Gasteiger partial charge in [0.25, 0.3) is 0 Å². The third kappa shape index (κ3) is 4.97. The number of benzene rings is 3. The van der Waals surface area contributed by atoms with Crippen LogP contribution in [0.3, 0.4) is 0 Å². The number of nitrogens with zero attached hydrogens (tertiary/aromatic N) is 2. The Kier molecular flexibility index (Phi) is 6.50. The summed E-state index contributed by atoms with van der Waals surface area (Å²) in [4.78, 5) is 8.53. The van der Waals surface area contributed by atoms with Gasteiger partial charge in [0.15, 0.2) is 9.84 Å². The predicted octanol–water partition coefficient (Wildman–Crippen LogP) is 7.25. The minimum absolute atomic E-state index is 0.122. The maximum atomic E-state index is 13.6. The van der Waals surface area contributed by atoms with Gasteiger partial charge in [-0.25, -0.2) is 18.4 Å². The van der Waals surface area contributed by atoms with Crippen molar-refractivity contribution in [3.8, 4) is 22.8 Å². The van der Waals surface area contributed by atoms with Crippen molar-refractivity contribution >= 4 is 32.3 Å². The lowest BCUT2D eigenvalue weighted by atomic mass is 10.0. The van der Waals surface area contributed by atoms with E-state index in [9.17, 15) is 21.6 Å². The summed E-state index contributed by atoms with van der Waals surface area (Å²) in [5, 5.41) is -0.157. The van der Waals surface area contributed by atoms with E-state index < -0.39 is 26.8 Å². The number of ether oxygens (including phenoxy) is 1. The molecule has 0 aliphatic heterocycles. The van der Waals surface area contributed by atoms with Crippen LogP contribution in [-0.2, 0) is 16.0 Å². The highest BCUT2D eigenvalue weighted by Gasteiger charge is 2.34. The molecule has 0 bridgehead atoms. The third-order valence-electron chi connectivity index (χ3n) is 5.33. The summed E-state index contributed by atoms with van der Waals surface area (Å²) in [6.07, 6.45) is -4.59. The van der Waals surface area contributed by atoms with Crippen LogP contribution in [0.4, 0.5) is 13.2 Å². The van der Waals surface area contributed by atoms with Gasteiger partial charge in [0.05, 0.1) is 31.9 Å². The van der Waals surface area contributed by atoms with Gasteiger partial charge in [-0.05, 0) is 63.2 Å². The summed E-state index contributed by atoms with van der Waals surface area (Å²) in [7, 11) is -3.50. The summed E-state index contributed by atoms with van der Waals surface area (Å²) >= 11 is 6.42. The van der Waals surface area contributed by atoms with Gasteiger partial charge >= 0.3 is 6.18 Å². The van der Waals surface area contributed by atoms with Gasteiger partial charge in [0.1, 0.15) is 17.3 Å². The van der Waals surface area contributed by atoms with E-state index in [2.05, 4.69) is 9.97 Å². The standard InChI is InChI=1S/C25H20ClF3N2O3S/c1-14(2)35(32,33)18-7-4-6-16(12-18)34-17-10-11-22(26)20(13-17)23-19-8-5-9-21(25(27,28)29)24(19)31-15(3)30-23/h4-14H,1-3H3. The number of fused-ring (bicyclic) bond motifs is 1. The van der Waals surface area contributed by atoms with E-state index in [1.165, 1.54) is 37.3 Å². The molecule has 0 fully saturated rings. The number of aryl methyl sites for hydroxylation is 1. The van der Waals surface area contributed by atoms with Gasteiger partial charge in [-0.3, -0.25) is 0 Å². The fourth-order valence-corrected chi connectivity index (χ4v) is 4.87. The number of para-hydroxylation sites is 1. The fraction of sp³-hybridized carbons (Fsp3) is 0.200. The molecule has 0 saturated carbocycles. The lowest BCUT2D eigenvalue weighted by molar-refractivity contribution is -0.136. The van der Waals surface area contributed by atoms with E-state index in [4.69, 9.17) is 16.3 Å². The number of halogens is 4. The molecule has 1 aromatic heterocycles.